The van der Waals surface area contributed by atoms with Crippen LogP contribution in [0.2, 0.25) is 0 Å². The van der Waals surface area contributed by atoms with E-state index in [0.29, 0.717) is 12.2 Å². The molecular weight excluding hydrogens is 212 g/mol. The van der Waals surface area contributed by atoms with Crippen molar-refractivity contribution in [1.82, 2.24) is 9.97 Å². The summed E-state index contributed by atoms with van der Waals surface area (Å²) in [4.78, 5) is 8.26. The predicted octanol–water partition coefficient (Wildman–Crippen LogP) is 2.37. The quantitative estimate of drug-likeness (QED) is 0.877. The fourth-order valence-electron chi connectivity index (χ4n) is 1.61. The average molecular weight is 228 g/mol. The van der Waals surface area contributed by atoms with Crippen LogP contribution in [0.4, 0.5) is 0 Å². The molecule has 3 heteroatoms. The monoisotopic (exact) mass is 228 g/mol. The van der Waals surface area contributed by atoms with Crippen molar-refractivity contribution >= 4 is 0 Å². The van der Waals surface area contributed by atoms with Crippen LogP contribution in [-0.2, 0) is 6.42 Å². The zero-order valence-corrected chi connectivity index (χ0v) is 10.1. The standard InChI is InChI=1S/C14H16N2O/c1-10-3-5-12(6-4-10)7-13(17)14-15-8-11(2)9-16-14/h3-6,8-9,13,17H,7H2,1-2H3. The normalized spacial score (nSPS) is 12.4. The summed E-state index contributed by atoms with van der Waals surface area (Å²) in [6.07, 6.45) is 3.35. The van der Waals surface area contributed by atoms with Gasteiger partial charge >= 0.3 is 0 Å². The van der Waals surface area contributed by atoms with E-state index in [2.05, 4.69) is 9.97 Å². The summed E-state index contributed by atoms with van der Waals surface area (Å²) in [5.41, 5.74) is 3.30. The zero-order valence-electron chi connectivity index (χ0n) is 10.1. The molecule has 1 N–H and O–H groups in total. The Morgan fingerprint density at radius 2 is 1.59 bits per heavy atom. The van der Waals surface area contributed by atoms with Gasteiger partial charge in [0, 0.05) is 18.8 Å². The molecule has 17 heavy (non-hydrogen) atoms. The summed E-state index contributed by atoms with van der Waals surface area (Å²) >= 11 is 0. The van der Waals surface area contributed by atoms with Gasteiger partial charge in [-0.2, -0.15) is 0 Å². The first-order valence-corrected chi connectivity index (χ1v) is 5.67. The molecule has 0 spiro atoms. The van der Waals surface area contributed by atoms with Crippen LogP contribution in [0.25, 0.3) is 0 Å². The molecule has 0 saturated heterocycles. The van der Waals surface area contributed by atoms with E-state index in [1.54, 1.807) is 12.4 Å². The van der Waals surface area contributed by atoms with Gasteiger partial charge in [0.1, 0.15) is 6.10 Å². The number of rotatable bonds is 3. The lowest BCUT2D eigenvalue weighted by molar-refractivity contribution is 0.168. The average Bonchev–Trinajstić information content (AvgIpc) is 2.33. The van der Waals surface area contributed by atoms with Gasteiger partial charge in [-0.05, 0) is 25.0 Å². The van der Waals surface area contributed by atoms with Crippen molar-refractivity contribution < 1.29 is 5.11 Å². The van der Waals surface area contributed by atoms with E-state index in [-0.39, 0.29) is 0 Å². The Bertz CT molecular complexity index is 477. The third-order valence-electron chi connectivity index (χ3n) is 2.65. The Morgan fingerprint density at radius 1 is 1.00 bits per heavy atom. The fraction of sp³-hybridized carbons (Fsp3) is 0.286. The molecule has 0 amide bonds. The molecule has 2 aromatic rings. The Balaban J connectivity index is 2.08. The van der Waals surface area contributed by atoms with Gasteiger partial charge in [-0.25, -0.2) is 9.97 Å². The lowest BCUT2D eigenvalue weighted by atomic mass is 10.1. The van der Waals surface area contributed by atoms with Crippen molar-refractivity contribution in [2.24, 2.45) is 0 Å². The number of aryl methyl sites for hydroxylation is 2. The van der Waals surface area contributed by atoms with Gasteiger partial charge in [-0.3, -0.25) is 0 Å². The molecule has 0 aliphatic carbocycles. The van der Waals surface area contributed by atoms with Gasteiger partial charge in [0.25, 0.3) is 0 Å². The molecule has 1 heterocycles. The van der Waals surface area contributed by atoms with Crippen molar-refractivity contribution in [3.05, 3.63) is 59.2 Å². The highest BCUT2D eigenvalue weighted by Crippen LogP contribution is 2.15. The Hall–Kier alpha value is -1.74. The minimum atomic E-state index is -0.640. The maximum atomic E-state index is 10.0. The molecule has 1 atom stereocenters. The second kappa shape index (κ2) is 5.06. The molecule has 0 fully saturated rings. The highest BCUT2D eigenvalue weighted by molar-refractivity contribution is 5.22. The van der Waals surface area contributed by atoms with E-state index in [9.17, 15) is 5.11 Å². The highest BCUT2D eigenvalue weighted by atomic mass is 16.3. The third-order valence-corrected chi connectivity index (χ3v) is 2.65. The number of benzene rings is 1. The molecule has 1 unspecified atom stereocenters. The van der Waals surface area contributed by atoms with Crippen molar-refractivity contribution in [2.45, 2.75) is 26.4 Å². The molecule has 0 radical (unpaired) electrons. The molecule has 0 aliphatic heterocycles. The topological polar surface area (TPSA) is 46.0 Å². The first kappa shape index (κ1) is 11.7. The lowest BCUT2D eigenvalue weighted by Crippen LogP contribution is -2.06. The first-order valence-electron chi connectivity index (χ1n) is 5.67. The molecule has 2 rings (SSSR count). The summed E-state index contributed by atoms with van der Waals surface area (Å²) in [5, 5.41) is 10.0. The van der Waals surface area contributed by atoms with Gasteiger partial charge in [-0.1, -0.05) is 29.8 Å². The molecule has 0 saturated carbocycles. The SMILES string of the molecule is Cc1ccc(CC(O)c2ncc(C)cn2)cc1. The minimum absolute atomic E-state index is 0.483. The molecule has 0 bridgehead atoms. The highest BCUT2D eigenvalue weighted by Gasteiger charge is 2.11. The van der Waals surface area contributed by atoms with E-state index in [1.165, 1.54) is 5.56 Å². The van der Waals surface area contributed by atoms with Crippen LogP contribution >= 0.6 is 0 Å². The fourth-order valence-corrected chi connectivity index (χ4v) is 1.61. The Labute approximate surface area is 101 Å². The number of hydrogen-bond donors (Lipinski definition) is 1. The third kappa shape index (κ3) is 3.11. The van der Waals surface area contributed by atoms with E-state index in [4.69, 9.17) is 0 Å². The van der Waals surface area contributed by atoms with Crippen LogP contribution in [0, 0.1) is 13.8 Å². The largest absolute Gasteiger partial charge is 0.385 e. The molecule has 3 nitrogen and oxygen atoms in total. The number of aromatic nitrogens is 2. The van der Waals surface area contributed by atoms with Crippen LogP contribution in [0.15, 0.2) is 36.7 Å². The maximum absolute atomic E-state index is 10.0. The summed E-state index contributed by atoms with van der Waals surface area (Å²) in [6, 6.07) is 8.12. The van der Waals surface area contributed by atoms with Crippen LogP contribution in [0.5, 0.6) is 0 Å². The van der Waals surface area contributed by atoms with Gasteiger partial charge < -0.3 is 5.11 Å². The van der Waals surface area contributed by atoms with Gasteiger partial charge in [-0.15, -0.1) is 0 Å². The van der Waals surface area contributed by atoms with Crippen molar-refractivity contribution in [3.63, 3.8) is 0 Å². The summed E-state index contributed by atoms with van der Waals surface area (Å²) < 4.78 is 0. The van der Waals surface area contributed by atoms with Crippen molar-refractivity contribution in [1.29, 1.82) is 0 Å². The molecule has 1 aromatic carbocycles. The van der Waals surface area contributed by atoms with Crippen molar-refractivity contribution in [3.8, 4) is 0 Å². The lowest BCUT2D eigenvalue weighted by Gasteiger charge is -2.09. The second-order valence-corrected chi connectivity index (χ2v) is 4.32. The summed E-state index contributed by atoms with van der Waals surface area (Å²) in [7, 11) is 0. The van der Waals surface area contributed by atoms with E-state index < -0.39 is 6.10 Å². The van der Waals surface area contributed by atoms with E-state index >= 15 is 0 Å². The smallest absolute Gasteiger partial charge is 0.157 e. The number of hydrogen-bond acceptors (Lipinski definition) is 3. The second-order valence-electron chi connectivity index (χ2n) is 4.32. The Kier molecular flexibility index (Phi) is 3.49. The maximum Gasteiger partial charge on any atom is 0.157 e. The van der Waals surface area contributed by atoms with Gasteiger partial charge in [0.15, 0.2) is 5.82 Å². The number of aliphatic hydroxyl groups is 1. The number of nitrogens with zero attached hydrogens (tertiary/aromatic N) is 2. The molecule has 88 valence electrons. The summed E-state index contributed by atoms with van der Waals surface area (Å²) in [6.45, 7) is 3.97. The van der Waals surface area contributed by atoms with E-state index in [1.807, 2.05) is 38.1 Å². The molecular formula is C14H16N2O. The molecule has 0 aliphatic rings. The van der Waals surface area contributed by atoms with Gasteiger partial charge in [0.05, 0.1) is 0 Å². The Morgan fingerprint density at radius 3 is 2.18 bits per heavy atom. The first-order chi connectivity index (χ1) is 8.15. The van der Waals surface area contributed by atoms with Crippen LogP contribution < -0.4 is 0 Å². The van der Waals surface area contributed by atoms with Gasteiger partial charge in [0.2, 0.25) is 0 Å². The van der Waals surface area contributed by atoms with Crippen LogP contribution in [0.1, 0.15) is 28.6 Å². The molecule has 1 aromatic heterocycles. The summed E-state index contributed by atoms with van der Waals surface area (Å²) in [5.74, 6) is 0.483. The van der Waals surface area contributed by atoms with Crippen LogP contribution in [0.3, 0.4) is 0 Å². The zero-order chi connectivity index (χ0) is 12.3. The van der Waals surface area contributed by atoms with Crippen molar-refractivity contribution in [2.75, 3.05) is 0 Å². The number of aliphatic hydroxyl groups excluding tert-OH is 1. The van der Waals surface area contributed by atoms with Crippen LogP contribution in [-0.4, -0.2) is 15.1 Å². The minimum Gasteiger partial charge on any atom is -0.385 e. The van der Waals surface area contributed by atoms with E-state index in [0.717, 1.165) is 11.1 Å². The predicted molar refractivity (Wildman–Crippen MR) is 66.6 cm³/mol.